The number of fused-ring (bicyclic) bond motifs is 1. The lowest BCUT2D eigenvalue weighted by Gasteiger charge is -2.28. The zero-order valence-electron chi connectivity index (χ0n) is 18.0. The molecule has 0 aromatic heterocycles. The highest BCUT2D eigenvalue weighted by Gasteiger charge is 2.36. The summed E-state index contributed by atoms with van der Waals surface area (Å²) < 4.78 is 28.1. The molecule has 2 N–H and O–H groups in total. The molecule has 0 saturated carbocycles. The lowest BCUT2D eigenvalue weighted by atomic mass is 10.2. The first-order valence-electron chi connectivity index (χ1n) is 10.8. The van der Waals surface area contributed by atoms with E-state index in [4.69, 9.17) is 0 Å². The molecular weight excluding hydrogens is 446 g/mol. The van der Waals surface area contributed by atoms with Gasteiger partial charge in [-0.2, -0.15) is 0 Å². The Morgan fingerprint density at radius 1 is 1.09 bits per heavy atom. The Bertz CT molecular complexity index is 1110. The van der Waals surface area contributed by atoms with Gasteiger partial charge in [0.25, 0.3) is 0 Å². The first-order chi connectivity index (χ1) is 15.3. The van der Waals surface area contributed by atoms with E-state index >= 15 is 0 Å². The highest BCUT2D eigenvalue weighted by Crippen LogP contribution is 2.38. The van der Waals surface area contributed by atoms with Crippen LogP contribution in [-0.4, -0.2) is 43.5 Å². The number of aryl methyl sites for hydroxylation is 1. The van der Waals surface area contributed by atoms with Crippen LogP contribution in [0.1, 0.15) is 36.8 Å². The second kappa shape index (κ2) is 9.64. The van der Waals surface area contributed by atoms with Crippen LogP contribution in [0.4, 0.5) is 5.69 Å². The number of benzene rings is 2. The minimum atomic E-state index is -3.76. The summed E-state index contributed by atoms with van der Waals surface area (Å²) in [6.07, 6.45) is 4.12. The van der Waals surface area contributed by atoms with Crippen LogP contribution in [0.25, 0.3) is 0 Å². The molecule has 1 unspecified atom stereocenters. The van der Waals surface area contributed by atoms with Gasteiger partial charge in [0.1, 0.15) is 0 Å². The molecule has 2 aliphatic rings. The molecule has 9 heteroatoms. The van der Waals surface area contributed by atoms with E-state index < -0.39 is 21.2 Å². The Labute approximate surface area is 193 Å². The minimum absolute atomic E-state index is 0.0709. The second-order valence-corrected chi connectivity index (χ2v) is 11.1. The zero-order valence-corrected chi connectivity index (χ0v) is 19.6. The van der Waals surface area contributed by atoms with Gasteiger partial charge in [0.15, 0.2) is 5.25 Å². The Kier molecular flexibility index (Phi) is 6.88. The van der Waals surface area contributed by atoms with Gasteiger partial charge in [0.05, 0.1) is 10.6 Å². The van der Waals surface area contributed by atoms with Crippen molar-refractivity contribution in [2.24, 2.45) is 0 Å². The smallest absolute Gasteiger partial charge is 0.247 e. The lowest BCUT2D eigenvalue weighted by Crippen LogP contribution is -2.45. The zero-order chi connectivity index (χ0) is 22.7. The molecule has 4 rings (SSSR count). The molecule has 1 atom stereocenters. The number of carbonyl (C=O) groups excluding carboxylic acids is 2. The molecule has 1 saturated heterocycles. The van der Waals surface area contributed by atoms with Crippen molar-refractivity contribution in [3.05, 3.63) is 53.6 Å². The molecule has 170 valence electrons. The topological polar surface area (TPSA) is 95.6 Å². The van der Waals surface area contributed by atoms with Gasteiger partial charge in [-0.15, -0.1) is 11.8 Å². The summed E-state index contributed by atoms with van der Waals surface area (Å²) in [4.78, 5) is 28.2. The molecule has 0 bridgehead atoms. The van der Waals surface area contributed by atoms with E-state index in [-0.39, 0.29) is 17.3 Å². The number of hydrogen-bond acceptors (Lipinski definition) is 5. The lowest BCUT2D eigenvalue weighted by molar-refractivity contribution is -0.133. The van der Waals surface area contributed by atoms with E-state index in [1.807, 2.05) is 31.2 Å². The van der Waals surface area contributed by atoms with Crippen molar-refractivity contribution in [3.8, 4) is 0 Å². The van der Waals surface area contributed by atoms with Crippen molar-refractivity contribution < 1.29 is 18.0 Å². The van der Waals surface area contributed by atoms with Crippen LogP contribution in [0.15, 0.2) is 52.3 Å². The number of sulfonamides is 1. The van der Waals surface area contributed by atoms with Gasteiger partial charge in [-0.1, -0.05) is 42.7 Å². The van der Waals surface area contributed by atoms with Crippen molar-refractivity contribution in [1.82, 2.24) is 9.62 Å². The number of hydrogen-bond donors (Lipinski definition) is 2. The Balaban J connectivity index is 1.47. The molecule has 1 fully saturated rings. The quantitative estimate of drug-likeness (QED) is 0.650. The molecular formula is C23H27N3O4S2. The molecule has 7 nitrogen and oxygen atoms in total. The van der Waals surface area contributed by atoms with Crippen molar-refractivity contribution >= 4 is 39.3 Å². The fourth-order valence-electron chi connectivity index (χ4n) is 3.84. The standard InChI is InChI=1S/C23H27N3O4S2/c1-16-6-8-17(9-7-16)15-24-32(29,30)18-10-11-20-19(14-18)25-22(27)21(31-20)23(28)26-12-4-2-3-5-13-26/h6-11,14,21,24H,2-5,12-13,15H2,1H3,(H,25,27). The average Bonchev–Trinajstić information content (AvgIpc) is 3.07. The van der Waals surface area contributed by atoms with Gasteiger partial charge in [-0.25, -0.2) is 13.1 Å². The molecule has 2 aliphatic heterocycles. The maximum atomic E-state index is 12.9. The molecule has 32 heavy (non-hydrogen) atoms. The average molecular weight is 474 g/mol. The first kappa shape index (κ1) is 22.8. The summed E-state index contributed by atoms with van der Waals surface area (Å²) in [5, 5.41) is 1.89. The van der Waals surface area contributed by atoms with Gasteiger partial charge in [0.2, 0.25) is 21.8 Å². The van der Waals surface area contributed by atoms with Crippen LogP contribution >= 0.6 is 11.8 Å². The number of rotatable bonds is 5. The number of carbonyl (C=O) groups is 2. The van der Waals surface area contributed by atoms with Gasteiger partial charge in [-0.05, 0) is 43.5 Å². The molecule has 2 aromatic rings. The van der Waals surface area contributed by atoms with Crippen molar-refractivity contribution in [3.63, 3.8) is 0 Å². The van der Waals surface area contributed by atoms with Gasteiger partial charge >= 0.3 is 0 Å². The third kappa shape index (κ3) is 5.16. The SMILES string of the molecule is Cc1ccc(CNS(=O)(=O)c2ccc3c(c2)NC(=O)C(C(=O)N2CCCCCC2)S3)cc1. The fourth-order valence-corrected chi connectivity index (χ4v) is 5.94. The molecule has 0 spiro atoms. The molecule has 2 aromatic carbocycles. The minimum Gasteiger partial charge on any atom is -0.341 e. The first-order valence-corrected chi connectivity index (χ1v) is 13.2. The number of nitrogens with one attached hydrogen (secondary N) is 2. The fraction of sp³-hybridized carbons (Fsp3) is 0.391. The van der Waals surface area contributed by atoms with E-state index in [0.29, 0.717) is 23.7 Å². The van der Waals surface area contributed by atoms with Crippen LogP contribution in [-0.2, 0) is 26.2 Å². The number of thioether (sulfide) groups is 1. The van der Waals surface area contributed by atoms with Crippen LogP contribution in [0.3, 0.4) is 0 Å². The van der Waals surface area contributed by atoms with Gasteiger partial charge < -0.3 is 10.2 Å². The number of anilines is 1. The van der Waals surface area contributed by atoms with E-state index in [1.54, 1.807) is 11.0 Å². The maximum absolute atomic E-state index is 12.9. The summed E-state index contributed by atoms with van der Waals surface area (Å²) in [6.45, 7) is 3.51. The normalized spacial score (nSPS) is 19.1. The monoisotopic (exact) mass is 473 g/mol. The van der Waals surface area contributed by atoms with E-state index in [2.05, 4.69) is 10.0 Å². The predicted molar refractivity (Wildman–Crippen MR) is 125 cm³/mol. The predicted octanol–water partition coefficient (Wildman–Crippen LogP) is 3.29. The molecule has 0 aliphatic carbocycles. The van der Waals surface area contributed by atoms with E-state index in [0.717, 1.165) is 36.8 Å². The van der Waals surface area contributed by atoms with Crippen LogP contribution in [0.5, 0.6) is 0 Å². The summed E-state index contributed by atoms with van der Waals surface area (Å²) in [5.74, 6) is -0.574. The van der Waals surface area contributed by atoms with Crippen molar-refractivity contribution in [2.75, 3.05) is 18.4 Å². The Hall–Kier alpha value is -2.36. The number of nitrogens with zero attached hydrogens (tertiary/aromatic N) is 1. The maximum Gasteiger partial charge on any atom is 0.247 e. The summed E-state index contributed by atoms with van der Waals surface area (Å²) in [6, 6.07) is 12.2. The number of amides is 2. The van der Waals surface area contributed by atoms with E-state index in [1.165, 1.54) is 23.9 Å². The van der Waals surface area contributed by atoms with E-state index in [9.17, 15) is 18.0 Å². The van der Waals surface area contributed by atoms with Crippen molar-refractivity contribution in [1.29, 1.82) is 0 Å². The highest BCUT2D eigenvalue weighted by atomic mass is 32.2. The summed E-state index contributed by atoms with van der Waals surface area (Å²) in [5.41, 5.74) is 2.38. The third-order valence-electron chi connectivity index (χ3n) is 5.73. The van der Waals surface area contributed by atoms with Crippen LogP contribution < -0.4 is 10.0 Å². The molecule has 2 amide bonds. The Morgan fingerprint density at radius 3 is 2.47 bits per heavy atom. The van der Waals surface area contributed by atoms with Crippen molar-refractivity contribution in [2.45, 2.75) is 54.2 Å². The molecule has 2 heterocycles. The third-order valence-corrected chi connectivity index (χ3v) is 8.39. The van der Waals surface area contributed by atoms with Gasteiger partial charge in [-0.3, -0.25) is 9.59 Å². The summed E-state index contributed by atoms with van der Waals surface area (Å²) in [7, 11) is -3.76. The van der Waals surface area contributed by atoms with Crippen LogP contribution in [0.2, 0.25) is 0 Å². The summed E-state index contributed by atoms with van der Waals surface area (Å²) >= 11 is 1.19. The second-order valence-electron chi connectivity index (χ2n) is 8.19. The number of likely N-dealkylation sites (tertiary alicyclic amines) is 1. The Morgan fingerprint density at radius 2 is 1.78 bits per heavy atom. The van der Waals surface area contributed by atoms with Crippen LogP contribution in [0, 0.1) is 6.92 Å². The highest BCUT2D eigenvalue weighted by molar-refractivity contribution is 8.01. The van der Waals surface area contributed by atoms with Gasteiger partial charge in [0, 0.05) is 24.5 Å². The molecule has 0 radical (unpaired) electrons. The largest absolute Gasteiger partial charge is 0.341 e.